The van der Waals surface area contributed by atoms with Crippen LogP contribution in [0.25, 0.3) is 0 Å². The molecule has 0 aromatic heterocycles. The van der Waals surface area contributed by atoms with Gasteiger partial charge in [-0.1, -0.05) is 13.0 Å². The second kappa shape index (κ2) is 4.51. The van der Waals surface area contributed by atoms with Crippen LogP contribution in [0.3, 0.4) is 0 Å². The van der Waals surface area contributed by atoms with Crippen LogP contribution < -0.4 is 0 Å². The lowest BCUT2D eigenvalue weighted by molar-refractivity contribution is 0.107. The number of hydrogen-bond donors (Lipinski definition) is 0. The molecule has 1 aromatic carbocycles. The van der Waals surface area contributed by atoms with Crippen LogP contribution in [0, 0.1) is 0 Å². The molecule has 0 aliphatic rings. The molecule has 82 valence electrons. The van der Waals surface area contributed by atoms with Crippen LogP contribution in [-0.4, -0.2) is 13.7 Å². The molecule has 0 aliphatic heterocycles. The quantitative estimate of drug-likeness (QED) is 0.791. The highest BCUT2D eigenvalue weighted by Gasteiger charge is 2.19. The van der Waals surface area contributed by atoms with Crippen LogP contribution in [0.15, 0.2) is 23.1 Å². The Balaban J connectivity index is 3.48. The number of carbonyl (C=O) groups is 1. The number of benzene rings is 1. The van der Waals surface area contributed by atoms with Gasteiger partial charge in [0.25, 0.3) is 14.3 Å². The van der Waals surface area contributed by atoms with Gasteiger partial charge < -0.3 is 0 Å². The van der Waals surface area contributed by atoms with Crippen LogP contribution in [0.2, 0.25) is 0 Å². The fourth-order valence-corrected chi connectivity index (χ4v) is 2.42. The van der Waals surface area contributed by atoms with Crippen molar-refractivity contribution >= 4 is 36.6 Å². The lowest BCUT2D eigenvalue weighted by atomic mass is 10.1. The molecule has 3 nitrogen and oxygen atoms in total. The minimum Gasteiger partial charge on any atom is -0.276 e. The summed E-state index contributed by atoms with van der Waals surface area (Å²) < 4.78 is 22.2. The van der Waals surface area contributed by atoms with E-state index < -0.39 is 14.3 Å². The lowest BCUT2D eigenvalue weighted by Crippen LogP contribution is -2.02. The molecule has 1 rings (SSSR count). The molecule has 0 bridgehead atoms. The summed E-state index contributed by atoms with van der Waals surface area (Å²) in [6.07, 6.45) is 0.680. The van der Waals surface area contributed by atoms with Gasteiger partial charge in [-0.3, -0.25) is 4.79 Å². The van der Waals surface area contributed by atoms with E-state index in [0.717, 1.165) is 5.56 Å². The van der Waals surface area contributed by atoms with Gasteiger partial charge in [0.2, 0.25) is 0 Å². The molecular formula is C9H8Cl2O3S. The summed E-state index contributed by atoms with van der Waals surface area (Å²) in [5.41, 5.74) is 0.745. The first-order valence-corrected chi connectivity index (χ1v) is 6.82. The van der Waals surface area contributed by atoms with Crippen molar-refractivity contribution in [1.82, 2.24) is 0 Å². The van der Waals surface area contributed by atoms with Crippen LogP contribution in [0.5, 0.6) is 0 Å². The van der Waals surface area contributed by atoms with E-state index >= 15 is 0 Å². The van der Waals surface area contributed by atoms with Gasteiger partial charge in [0.15, 0.2) is 0 Å². The number of hydrogen-bond acceptors (Lipinski definition) is 3. The lowest BCUT2D eigenvalue weighted by Gasteiger charge is -2.04. The zero-order valence-electron chi connectivity index (χ0n) is 7.83. The van der Waals surface area contributed by atoms with Gasteiger partial charge in [0.05, 0.1) is 10.5 Å². The third-order valence-corrected chi connectivity index (χ3v) is 3.51. The second-order valence-corrected chi connectivity index (χ2v) is 5.77. The predicted molar refractivity (Wildman–Crippen MR) is 59.0 cm³/mol. The van der Waals surface area contributed by atoms with Crippen LogP contribution >= 0.6 is 22.3 Å². The molecule has 0 amide bonds. The van der Waals surface area contributed by atoms with E-state index in [9.17, 15) is 13.2 Å². The molecule has 15 heavy (non-hydrogen) atoms. The highest BCUT2D eigenvalue weighted by molar-refractivity contribution is 8.13. The monoisotopic (exact) mass is 266 g/mol. The summed E-state index contributed by atoms with van der Waals surface area (Å²) in [6, 6.07) is 4.32. The summed E-state index contributed by atoms with van der Waals surface area (Å²) in [6.45, 7) is 1.88. The molecule has 0 aliphatic carbocycles. The smallest absolute Gasteiger partial charge is 0.262 e. The van der Waals surface area contributed by atoms with Crippen molar-refractivity contribution in [2.75, 3.05) is 0 Å². The largest absolute Gasteiger partial charge is 0.276 e. The number of halogens is 2. The molecular weight excluding hydrogens is 259 g/mol. The fraction of sp³-hybridized carbons (Fsp3) is 0.222. The highest BCUT2D eigenvalue weighted by Crippen LogP contribution is 2.23. The SMILES string of the molecule is CCc1ccc(S(=O)(=O)Cl)c(C(=O)Cl)c1. The summed E-state index contributed by atoms with van der Waals surface area (Å²) in [5.74, 6) is 0. The average Bonchev–Trinajstić information content (AvgIpc) is 2.15. The van der Waals surface area contributed by atoms with E-state index in [2.05, 4.69) is 0 Å². The first-order chi connectivity index (χ1) is 6.86. The van der Waals surface area contributed by atoms with Gasteiger partial charge in [0.1, 0.15) is 0 Å². The zero-order chi connectivity index (χ0) is 11.6. The first kappa shape index (κ1) is 12.5. The van der Waals surface area contributed by atoms with Gasteiger partial charge in [0, 0.05) is 10.7 Å². The van der Waals surface area contributed by atoms with E-state index in [-0.39, 0.29) is 10.5 Å². The van der Waals surface area contributed by atoms with Crippen LogP contribution in [0.1, 0.15) is 22.8 Å². The van der Waals surface area contributed by atoms with E-state index in [0.29, 0.717) is 6.42 Å². The number of rotatable bonds is 3. The normalized spacial score (nSPS) is 11.4. The molecule has 0 unspecified atom stereocenters. The highest BCUT2D eigenvalue weighted by atomic mass is 35.7. The van der Waals surface area contributed by atoms with Crippen molar-refractivity contribution in [3.63, 3.8) is 0 Å². The van der Waals surface area contributed by atoms with Crippen molar-refractivity contribution in [2.45, 2.75) is 18.2 Å². The molecule has 0 spiro atoms. The Morgan fingerprint density at radius 2 is 2.00 bits per heavy atom. The summed E-state index contributed by atoms with van der Waals surface area (Å²) in [7, 11) is 1.23. The molecule has 0 fully saturated rings. The number of carbonyl (C=O) groups excluding carboxylic acids is 1. The Labute approximate surface area is 97.4 Å². The van der Waals surface area contributed by atoms with Crippen molar-refractivity contribution in [3.8, 4) is 0 Å². The minimum absolute atomic E-state index is 0.0778. The molecule has 0 radical (unpaired) electrons. The van der Waals surface area contributed by atoms with E-state index in [1.165, 1.54) is 12.1 Å². The van der Waals surface area contributed by atoms with Gasteiger partial charge in [-0.15, -0.1) is 0 Å². The maximum absolute atomic E-state index is 11.1. The first-order valence-electron chi connectivity index (χ1n) is 4.13. The van der Waals surface area contributed by atoms with Crippen molar-refractivity contribution in [1.29, 1.82) is 0 Å². The van der Waals surface area contributed by atoms with Gasteiger partial charge >= 0.3 is 0 Å². The third-order valence-electron chi connectivity index (χ3n) is 1.93. The van der Waals surface area contributed by atoms with E-state index in [1.807, 2.05) is 6.92 Å². The van der Waals surface area contributed by atoms with Crippen LogP contribution in [0.4, 0.5) is 0 Å². The van der Waals surface area contributed by atoms with Gasteiger partial charge in [-0.05, 0) is 35.7 Å². The summed E-state index contributed by atoms with van der Waals surface area (Å²) in [5, 5.41) is -0.829. The summed E-state index contributed by atoms with van der Waals surface area (Å²) >= 11 is 5.28. The Bertz CT molecular complexity index is 494. The average molecular weight is 267 g/mol. The Hall–Kier alpha value is -0.580. The molecule has 0 heterocycles. The maximum Gasteiger partial charge on any atom is 0.262 e. The fourth-order valence-electron chi connectivity index (χ4n) is 1.16. The third kappa shape index (κ3) is 2.93. The molecule has 0 saturated heterocycles. The predicted octanol–water partition coefficient (Wildman–Crippen LogP) is 2.56. The molecule has 0 atom stereocenters. The molecule has 1 aromatic rings. The summed E-state index contributed by atoms with van der Waals surface area (Å²) in [4.78, 5) is 10.8. The van der Waals surface area contributed by atoms with Crippen molar-refractivity contribution < 1.29 is 13.2 Å². The molecule has 0 saturated carbocycles. The Morgan fingerprint density at radius 3 is 2.40 bits per heavy atom. The minimum atomic E-state index is -3.94. The number of aryl methyl sites for hydroxylation is 1. The zero-order valence-corrected chi connectivity index (χ0v) is 10.2. The maximum atomic E-state index is 11.1. The van der Waals surface area contributed by atoms with Crippen LogP contribution in [-0.2, 0) is 15.5 Å². The van der Waals surface area contributed by atoms with E-state index in [1.54, 1.807) is 6.07 Å². The standard InChI is InChI=1S/C9H8Cl2O3S/c1-2-6-3-4-8(15(11,13)14)7(5-6)9(10)12/h3-5H,2H2,1H3. The topological polar surface area (TPSA) is 51.2 Å². The van der Waals surface area contributed by atoms with Gasteiger partial charge in [-0.25, -0.2) is 8.42 Å². The van der Waals surface area contributed by atoms with Crippen molar-refractivity contribution in [3.05, 3.63) is 29.3 Å². The van der Waals surface area contributed by atoms with E-state index in [4.69, 9.17) is 22.3 Å². The Kier molecular flexibility index (Phi) is 3.76. The Morgan fingerprint density at radius 1 is 1.40 bits per heavy atom. The van der Waals surface area contributed by atoms with Crippen molar-refractivity contribution in [2.24, 2.45) is 0 Å². The second-order valence-electron chi connectivity index (χ2n) is 2.90. The van der Waals surface area contributed by atoms with Gasteiger partial charge in [-0.2, -0.15) is 0 Å². The molecule has 0 N–H and O–H groups in total. The molecule has 6 heteroatoms.